The summed E-state index contributed by atoms with van der Waals surface area (Å²) in [5, 5.41) is 0. The highest BCUT2D eigenvalue weighted by atomic mass is 16.5. The molecule has 29 heavy (non-hydrogen) atoms. The molecule has 0 spiro atoms. The monoisotopic (exact) mass is 401 g/mol. The minimum Gasteiger partial charge on any atom is -0.461 e. The summed E-state index contributed by atoms with van der Waals surface area (Å²) in [4.78, 5) is 35.7. The Morgan fingerprint density at radius 3 is 2.48 bits per heavy atom. The van der Waals surface area contributed by atoms with Gasteiger partial charge in [-0.05, 0) is 24.3 Å². The van der Waals surface area contributed by atoms with Crippen LogP contribution < -0.4 is 4.90 Å². The van der Waals surface area contributed by atoms with Crippen molar-refractivity contribution >= 4 is 17.6 Å². The molecule has 0 aliphatic carbocycles. The van der Waals surface area contributed by atoms with Gasteiger partial charge < -0.3 is 19.3 Å². The van der Waals surface area contributed by atoms with E-state index in [4.69, 9.17) is 14.5 Å². The first kappa shape index (κ1) is 20.1. The number of morpholine rings is 2. The van der Waals surface area contributed by atoms with Gasteiger partial charge in [-0.1, -0.05) is 34.6 Å². The summed E-state index contributed by atoms with van der Waals surface area (Å²) < 4.78 is 11.1. The van der Waals surface area contributed by atoms with Crippen LogP contribution in [0, 0.1) is 5.92 Å². The number of ether oxygens (including phenoxy) is 2. The van der Waals surface area contributed by atoms with E-state index in [0.717, 1.165) is 24.5 Å². The number of rotatable bonds is 4. The summed E-state index contributed by atoms with van der Waals surface area (Å²) in [6.07, 6.45) is 0.454. The molecule has 0 radical (unpaired) electrons. The number of anilines is 1. The first-order chi connectivity index (χ1) is 13.8. The van der Waals surface area contributed by atoms with Crippen LogP contribution in [0.3, 0.4) is 0 Å². The van der Waals surface area contributed by atoms with Crippen LogP contribution in [0.4, 0.5) is 5.69 Å². The number of aromatic nitrogens is 1. The number of pyridine rings is 1. The minimum absolute atomic E-state index is 0.102. The maximum Gasteiger partial charge on any atom is 0.338 e. The zero-order valence-corrected chi connectivity index (χ0v) is 18.0. The Morgan fingerprint density at radius 1 is 1.21 bits per heavy atom. The fraction of sp³-hybridized carbons (Fsp3) is 0.682. The average molecular weight is 402 g/mol. The highest BCUT2D eigenvalue weighted by Gasteiger charge is 2.61. The molecule has 2 fully saturated rings. The molecule has 0 bridgehead atoms. The number of carbonyl (C=O) groups is 2. The van der Waals surface area contributed by atoms with Crippen molar-refractivity contribution in [3.05, 3.63) is 23.0 Å². The third kappa shape index (κ3) is 2.85. The van der Waals surface area contributed by atoms with Crippen LogP contribution in [0.15, 0.2) is 6.07 Å². The lowest BCUT2D eigenvalue weighted by Gasteiger charge is -2.46. The molecule has 3 aliphatic heterocycles. The van der Waals surface area contributed by atoms with Crippen molar-refractivity contribution in [1.29, 1.82) is 0 Å². The molecule has 1 aromatic rings. The lowest BCUT2D eigenvalue weighted by Crippen LogP contribution is -2.61. The Bertz CT molecular complexity index is 832. The molecule has 4 heterocycles. The molecule has 1 amide bonds. The van der Waals surface area contributed by atoms with Crippen molar-refractivity contribution in [3.8, 4) is 0 Å². The number of nitrogens with zero attached hydrogens (tertiary/aromatic N) is 3. The average Bonchev–Trinajstić information content (AvgIpc) is 2.97. The van der Waals surface area contributed by atoms with Crippen LogP contribution in [0.5, 0.6) is 0 Å². The smallest absolute Gasteiger partial charge is 0.338 e. The standard InChI is InChI=1S/C22H31N3O4/c1-6-22-19-15(20(26)25(22)17(13(2)3)12-29-21(22)27)11-16(18(23-19)14(4)5)24-7-9-28-10-8-24/h11,13-14,17H,6-10,12H2,1-5H3/t17-,22+/m1/s1. The summed E-state index contributed by atoms with van der Waals surface area (Å²) in [7, 11) is 0. The molecule has 3 aliphatic rings. The summed E-state index contributed by atoms with van der Waals surface area (Å²) in [5.41, 5.74) is 1.90. The Labute approximate surface area is 172 Å². The van der Waals surface area contributed by atoms with Crippen LogP contribution in [0.2, 0.25) is 0 Å². The number of carbonyl (C=O) groups excluding carboxylic acids is 2. The topological polar surface area (TPSA) is 72.0 Å². The second kappa shape index (κ2) is 7.27. The SMILES string of the molecule is CC[C@]12C(=O)OC[C@H](C(C)C)N1C(=O)c1cc(N3CCOCC3)c(C(C)C)nc12. The number of fused-ring (bicyclic) bond motifs is 3. The van der Waals surface area contributed by atoms with E-state index in [1.807, 2.05) is 13.0 Å². The van der Waals surface area contributed by atoms with E-state index < -0.39 is 5.54 Å². The number of cyclic esters (lactones) is 1. The Balaban J connectivity index is 1.92. The van der Waals surface area contributed by atoms with Crippen LogP contribution in [0.25, 0.3) is 0 Å². The molecule has 7 nitrogen and oxygen atoms in total. The molecule has 0 unspecified atom stereocenters. The maximum atomic E-state index is 13.6. The number of hydrogen-bond acceptors (Lipinski definition) is 6. The zero-order valence-electron chi connectivity index (χ0n) is 18.0. The van der Waals surface area contributed by atoms with Gasteiger partial charge in [-0.15, -0.1) is 0 Å². The van der Waals surface area contributed by atoms with E-state index in [-0.39, 0.29) is 36.4 Å². The van der Waals surface area contributed by atoms with Crippen molar-refractivity contribution in [3.63, 3.8) is 0 Å². The quantitative estimate of drug-likeness (QED) is 0.723. The van der Waals surface area contributed by atoms with Gasteiger partial charge in [0.05, 0.1) is 41.9 Å². The summed E-state index contributed by atoms with van der Waals surface area (Å²) in [5.74, 6) is -0.118. The van der Waals surface area contributed by atoms with E-state index in [0.29, 0.717) is 30.9 Å². The van der Waals surface area contributed by atoms with E-state index in [1.165, 1.54) is 0 Å². The molecule has 158 valence electrons. The second-order valence-corrected chi connectivity index (χ2v) is 8.84. The number of esters is 1. The van der Waals surface area contributed by atoms with E-state index in [9.17, 15) is 9.59 Å². The molecule has 2 saturated heterocycles. The number of amides is 1. The molecule has 0 saturated carbocycles. The van der Waals surface area contributed by atoms with Gasteiger partial charge in [0, 0.05) is 13.1 Å². The molecular weight excluding hydrogens is 370 g/mol. The van der Waals surface area contributed by atoms with Gasteiger partial charge in [0.15, 0.2) is 5.54 Å². The van der Waals surface area contributed by atoms with Crippen molar-refractivity contribution in [2.45, 2.75) is 58.5 Å². The highest BCUT2D eigenvalue weighted by Crippen LogP contribution is 2.48. The van der Waals surface area contributed by atoms with Gasteiger partial charge in [-0.3, -0.25) is 9.78 Å². The van der Waals surface area contributed by atoms with Gasteiger partial charge >= 0.3 is 5.97 Å². The third-order valence-corrected chi connectivity index (χ3v) is 6.52. The van der Waals surface area contributed by atoms with Crippen molar-refractivity contribution in [2.75, 3.05) is 37.8 Å². The largest absolute Gasteiger partial charge is 0.461 e. The predicted octanol–water partition coefficient (Wildman–Crippen LogP) is 2.68. The fourth-order valence-corrected chi connectivity index (χ4v) is 4.85. The first-order valence-electron chi connectivity index (χ1n) is 10.7. The minimum atomic E-state index is -1.12. The summed E-state index contributed by atoms with van der Waals surface area (Å²) in [6.45, 7) is 13.4. The Kier molecular flexibility index (Phi) is 5.05. The van der Waals surface area contributed by atoms with E-state index in [1.54, 1.807) is 4.90 Å². The van der Waals surface area contributed by atoms with Gasteiger partial charge in [-0.2, -0.15) is 0 Å². The first-order valence-corrected chi connectivity index (χ1v) is 10.7. The second-order valence-electron chi connectivity index (χ2n) is 8.84. The van der Waals surface area contributed by atoms with Gasteiger partial charge in [0.25, 0.3) is 5.91 Å². The van der Waals surface area contributed by atoms with Crippen molar-refractivity contribution in [2.24, 2.45) is 5.92 Å². The van der Waals surface area contributed by atoms with Crippen LogP contribution in [-0.2, 0) is 19.8 Å². The van der Waals surface area contributed by atoms with Crippen LogP contribution in [0.1, 0.15) is 68.7 Å². The van der Waals surface area contributed by atoms with Gasteiger partial charge in [-0.25, -0.2) is 4.79 Å². The molecule has 0 N–H and O–H groups in total. The lowest BCUT2D eigenvalue weighted by atomic mass is 9.86. The molecule has 4 rings (SSSR count). The Morgan fingerprint density at radius 2 is 1.90 bits per heavy atom. The fourth-order valence-electron chi connectivity index (χ4n) is 4.85. The van der Waals surface area contributed by atoms with Gasteiger partial charge in [0.1, 0.15) is 6.61 Å². The third-order valence-electron chi connectivity index (χ3n) is 6.52. The summed E-state index contributed by atoms with van der Waals surface area (Å²) >= 11 is 0. The van der Waals surface area contributed by atoms with E-state index >= 15 is 0 Å². The van der Waals surface area contributed by atoms with Crippen LogP contribution in [-0.4, -0.2) is 60.7 Å². The predicted molar refractivity (Wildman–Crippen MR) is 109 cm³/mol. The Hall–Kier alpha value is -2.15. The normalized spacial score (nSPS) is 26.8. The van der Waals surface area contributed by atoms with E-state index in [2.05, 4.69) is 32.6 Å². The molecular formula is C22H31N3O4. The molecule has 2 atom stereocenters. The van der Waals surface area contributed by atoms with Crippen molar-refractivity contribution in [1.82, 2.24) is 9.88 Å². The summed E-state index contributed by atoms with van der Waals surface area (Å²) in [6, 6.07) is 1.81. The zero-order chi connectivity index (χ0) is 20.9. The number of hydrogen-bond donors (Lipinski definition) is 0. The lowest BCUT2D eigenvalue weighted by molar-refractivity contribution is -0.173. The van der Waals surface area contributed by atoms with Crippen LogP contribution >= 0.6 is 0 Å². The maximum absolute atomic E-state index is 13.6. The van der Waals surface area contributed by atoms with Gasteiger partial charge in [0.2, 0.25) is 0 Å². The molecule has 1 aromatic heterocycles. The highest BCUT2D eigenvalue weighted by molar-refractivity contribution is 6.06. The van der Waals surface area contributed by atoms with Crippen molar-refractivity contribution < 1.29 is 19.1 Å². The molecule has 7 heteroatoms. The molecule has 0 aromatic carbocycles.